The molecule has 0 radical (unpaired) electrons. The molecule has 0 saturated heterocycles. The van der Waals surface area contributed by atoms with E-state index in [0.29, 0.717) is 18.5 Å². The van der Waals surface area contributed by atoms with Crippen LogP contribution in [-0.4, -0.2) is 41.0 Å². The second-order valence-electron chi connectivity index (χ2n) is 11.0. The highest BCUT2D eigenvalue weighted by Crippen LogP contribution is 2.28. The molecule has 2 atom stereocenters. The number of hydrogen-bond donors (Lipinski definition) is 2. The topological polar surface area (TPSA) is 87.7 Å². The Balaban J connectivity index is 2.51. The van der Waals surface area contributed by atoms with Crippen molar-refractivity contribution in [2.24, 2.45) is 5.92 Å². The van der Waals surface area contributed by atoms with E-state index >= 15 is 0 Å². The van der Waals surface area contributed by atoms with Crippen LogP contribution in [0.4, 0.5) is 10.5 Å². The molecule has 0 aliphatic heterocycles. The molecule has 0 saturated carbocycles. The fourth-order valence-electron chi connectivity index (χ4n) is 4.16. The number of alkyl carbamates (subject to hydrolysis) is 1. The van der Waals surface area contributed by atoms with E-state index in [0.717, 1.165) is 22.4 Å². The zero-order valence-electron chi connectivity index (χ0n) is 23.8. The number of rotatable bonds is 9. The van der Waals surface area contributed by atoms with Gasteiger partial charge in [-0.25, -0.2) is 4.79 Å². The van der Waals surface area contributed by atoms with Gasteiger partial charge in [0.15, 0.2) is 0 Å². The van der Waals surface area contributed by atoms with Crippen LogP contribution >= 0.6 is 0 Å². The number of anilines is 1. The lowest BCUT2D eigenvalue weighted by Crippen LogP contribution is -2.54. The molecular formula is C30H43N3O4. The molecule has 2 unspecified atom stereocenters. The maximum absolute atomic E-state index is 14.0. The molecule has 0 aromatic heterocycles. The largest absolute Gasteiger partial charge is 0.444 e. The van der Waals surface area contributed by atoms with Gasteiger partial charge in [0, 0.05) is 12.2 Å². The van der Waals surface area contributed by atoms with Gasteiger partial charge in [-0.05, 0) is 70.6 Å². The minimum absolute atomic E-state index is 0.222. The fraction of sp³-hybridized carbons (Fsp3) is 0.500. The summed E-state index contributed by atoms with van der Waals surface area (Å²) < 4.78 is 5.42. The zero-order chi connectivity index (χ0) is 27.9. The second kappa shape index (κ2) is 12.7. The van der Waals surface area contributed by atoms with E-state index in [1.165, 1.54) is 0 Å². The molecule has 2 rings (SSSR count). The summed E-state index contributed by atoms with van der Waals surface area (Å²) in [6, 6.07) is 11.7. The van der Waals surface area contributed by atoms with Crippen molar-refractivity contribution >= 4 is 23.6 Å². The average molecular weight is 510 g/mol. The van der Waals surface area contributed by atoms with Crippen molar-refractivity contribution in [2.45, 2.75) is 86.4 Å². The van der Waals surface area contributed by atoms with Crippen LogP contribution in [0.2, 0.25) is 0 Å². The minimum Gasteiger partial charge on any atom is -0.444 e. The summed E-state index contributed by atoms with van der Waals surface area (Å²) in [5, 5.41) is 5.83. The van der Waals surface area contributed by atoms with E-state index in [4.69, 9.17) is 4.74 Å². The van der Waals surface area contributed by atoms with Gasteiger partial charge in [-0.3, -0.25) is 9.59 Å². The van der Waals surface area contributed by atoms with E-state index in [-0.39, 0.29) is 17.7 Å². The van der Waals surface area contributed by atoms with E-state index in [9.17, 15) is 14.4 Å². The number of amides is 3. The van der Waals surface area contributed by atoms with Crippen LogP contribution in [0.5, 0.6) is 0 Å². The van der Waals surface area contributed by atoms with Gasteiger partial charge in [0.2, 0.25) is 5.91 Å². The van der Waals surface area contributed by atoms with E-state index < -0.39 is 23.8 Å². The Morgan fingerprint density at radius 2 is 1.51 bits per heavy atom. The van der Waals surface area contributed by atoms with Gasteiger partial charge in [-0.2, -0.15) is 0 Å². The summed E-state index contributed by atoms with van der Waals surface area (Å²) in [6.45, 7) is 17.2. The number of hydrogen-bond acceptors (Lipinski definition) is 4. The van der Waals surface area contributed by atoms with E-state index in [2.05, 4.69) is 10.6 Å². The third-order valence-corrected chi connectivity index (χ3v) is 6.03. The maximum Gasteiger partial charge on any atom is 0.408 e. The van der Waals surface area contributed by atoms with Crippen LogP contribution in [-0.2, 0) is 14.3 Å². The molecule has 0 heterocycles. The SMILES string of the molecule is CCCN(C(=O)C(NC(=O)OC(C)(C)C)C(C)C)C(C(=O)Nc1c(C)cccc1C)c1ccc(C)cc1. The fourth-order valence-corrected chi connectivity index (χ4v) is 4.16. The summed E-state index contributed by atoms with van der Waals surface area (Å²) in [7, 11) is 0. The molecule has 2 aromatic rings. The van der Waals surface area contributed by atoms with Gasteiger partial charge >= 0.3 is 6.09 Å². The molecule has 0 spiro atoms. The molecule has 7 heteroatoms. The van der Waals surface area contributed by atoms with Gasteiger partial charge in [0.05, 0.1) is 0 Å². The molecule has 37 heavy (non-hydrogen) atoms. The number of nitrogens with zero attached hydrogens (tertiary/aromatic N) is 1. The van der Waals surface area contributed by atoms with Gasteiger partial charge in [-0.1, -0.05) is 68.8 Å². The van der Waals surface area contributed by atoms with Crippen LogP contribution in [0.3, 0.4) is 0 Å². The highest BCUT2D eigenvalue weighted by Gasteiger charge is 2.37. The number of carbonyl (C=O) groups excluding carboxylic acids is 3. The normalized spacial score (nSPS) is 13.0. The van der Waals surface area contributed by atoms with Crippen molar-refractivity contribution in [3.05, 3.63) is 64.7 Å². The summed E-state index contributed by atoms with van der Waals surface area (Å²) in [4.78, 5) is 42.1. The maximum atomic E-state index is 14.0. The number of ether oxygens (including phenoxy) is 1. The summed E-state index contributed by atoms with van der Waals surface area (Å²) in [6.07, 6.45) is -0.0231. The molecule has 0 aliphatic rings. The number of benzene rings is 2. The second-order valence-corrected chi connectivity index (χ2v) is 11.0. The van der Waals surface area contributed by atoms with Crippen LogP contribution in [0.25, 0.3) is 0 Å². The van der Waals surface area contributed by atoms with Crippen molar-refractivity contribution < 1.29 is 19.1 Å². The third kappa shape index (κ3) is 8.34. The van der Waals surface area contributed by atoms with Crippen LogP contribution < -0.4 is 10.6 Å². The lowest BCUT2D eigenvalue weighted by molar-refractivity contribution is -0.141. The van der Waals surface area contributed by atoms with Crippen LogP contribution in [0.1, 0.15) is 76.3 Å². The number of aryl methyl sites for hydroxylation is 3. The van der Waals surface area contributed by atoms with Gasteiger partial charge in [0.25, 0.3) is 5.91 Å². The van der Waals surface area contributed by atoms with E-state index in [1.807, 2.05) is 84.0 Å². The summed E-state index contributed by atoms with van der Waals surface area (Å²) >= 11 is 0. The highest BCUT2D eigenvalue weighted by atomic mass is 16.6. The van der Waals surface area contributed by atoms with Crippen molar-refractivity contribution in [2.75, 3.05) is 11.9 Å². The van der Waals surface area contributed by atoms with Gasteiger partial charge < -0.3 is 20.3 Å². The number of nitrogens with one attached hydrogen (secondary N) is 2. The van der Waals surface area contributed by atoms with Crippen LogP contribution in [0, 0.1) is 26.7 Å². The highest BCUT2D eigenvalue weighted by molar-refractivity contribution is 6.00. The Bertz CT molecular complexity index is 1070. The lowest BCUT2D eigenvalue weighted by atomic mass is 9.97. The Hall–Kier alpha value is -3.35. The summed E-state index contributed by atoms with van der Waals surface area (Å²) in [5.74, 6) is -0.854. The first kappa shape index (κ1) is 29.9. The Labute approximate surface area is 222 Å². The Morgan fingerprint density at radius 1 is 0.946 bits per heavy atom. The van der Waals surface area contributed by atoms with Crippen molar-refractivity contribution in [3.8, 4) is 0 Å². The first-order chi connectivity index (χ1) is 17.2. The predicted octanol–water partition coefficient (Wildman–Crippen LogP) is 6.08. The standard InChI is InChI=1S/C30H43N3O4/c1-10-18-33(28(35)24(19(2)3)32-29(36)37-30(7,8)9)26(23-16-14-20(4)15-17-23)27(34)31-25-21(5)12-11-13-22(25)6/h11-17,19,24,26H,10,18H2,1-9H3,(H,31,34)(H,32,36). The quantitative estimate of drug-likeness (QED) is 0.429. The van der Waals surface area contributed by atoms with Crippen molar-refractivity contribution in [1.82, 2.24) is 10.2 Å². The zero-order valence-corrected chi connectivity index (χ0v) is 23.8. The summed E-state index contributed by atoms with van der Waals surface area (Å²) in [5.41, 5.74) is 3.68. The van der Waals surface area contributed by atoms with Crippen molar-refractivity contribution in [1.29, 1.82) is 0 Å². The Kier molecular flexibility index (Phi) is 10.3. The molecule has 2 aromatic carbocycles. The number of para-hydroxylation sites is 1. The minimum atomic E-state index is -0.881. The molecule has 3 amide bonds. The Morgan fingerprint density at radius 3 is 2.00 bits per heavy atom. The lowest BCUT2D eigenvalue weighted by Gasteiger charge is -2.35. The van der Waals surface area contributed by atoms with Crippen LogP contribution in [0.15, 0.2) is 42.5 Å². The van der Waals surface area contributed by atoms with Crippen molar-refractivity contribution in [3.63, 3.8) is 0 Å². The number of carbonyl (C=O) groups is 3. The van der Waals surface area contributed by atoms with E-state index in [1.54, 1.807) is 25.7 Å². The first-order valence-electron chi connectivity index (χ1n) is 13.0. The smallest absolute Gasteiger partial charge is 0.408 e. The monoisotopic (exact) mass is 509 g/mol. The molecule has 202 valence electrons. The average Bonchev–Trinajstić information content (AvgIpc) is 2.79. The predicted molar refractivity (Wildman–Crippen MR) is 148 cm³/mol. The molecule has 7 nitrogen and oxygen atoms in total. The van der Waals surface area contributed by atoms with Gasteiger partial charge in [0.1, 0.15) is 17.7 Å². The third-order valence-electron chi connectivity index (χ3n) is 6.03. The first-order valence-corrected chi connectivity index (χ1v) is 13.0. The molecule has 0 fully saturated rings. The molecular weight excluding hydrogens is 466 g/mol. The molecule has 0 bridgehead atoms. The molecule has 2 N–H and O–H groups in total. The molecule has 0 aliphatic carbocycles. The van der Waals surface area contributed by atoms with Gasteiger partial charge in [-0.15, -0.1) is 0 Å².